The summed E-state index contributed by atoms with van der Waals surface area (Å²) in [6.45, 7) is 3.86. The van der Waals surface area contributed by atoms with Crippen LogP contribution in [0.5, 0.6) is 11.5 Å². The van der Waals surface area contributed by atoms with Gasteiger partial charge in [-0.3, -0.25) is 4.79 Å². The van der Waals surface area contributed by atoms with Gasteiger partial charge in [-0.2, -0.15) is 13.7 Å². The van der Waals surface area contributed by atoms with Gasteiger partial charge in [0.1, 0.15) is 16.5 Å². The number of benzene rings is 4. The van der Waals surface area contributed by atoms with E-state index in [0.29, 0.717) is 14.8 Å². The number of ether oxygens (including phenoxy) is 1. The Kier molecular flexibility index (Phi) is 8.34. The van der Waals surface area contributed by atoms with Crippen LogP contribution in [-0.2, 0) is 14.9 Å². The molecule has 0 atom stereocenters. The molecular weight excluding hydrogens is 615 g/mol. The molecule has 0 saturated heterocycles. The van der Waals surface area contributed by atoms with Crippen LogP contribution in [0, 0.1) is 21.8 Å². The van der Waals surface area contributed by atoms with E-state index in [2.05, 4.69) is 5.32 Å². The lowest BCUT2D eigenvalue weighted by Crippen LogP contribution is -2.14. The Morgan fingerprint density at radius 1 is 1.05 bits per heavy atom. The van der Waals surface area contributed by atoms with E-state index in [4.69, 9.17) is 8.92 Å². The molecule has 0 bridgehead atoms. The number of hydrogen-bond donors (Lipinski definition) is 1. The zero-order chi connectivity index (χ0) is 27.3. The number of fused-ring (bicyclic) bond motifs is 1. The summed E-state index contributed by atoms with van der Waals surface area (Å²) in [7, 11) is -4.12. The molecule has 0 aromatic heterocycles. The van der Waals surface area contributed by atoms with Gasteiger partial charge in [-0.05, 0) is 83.8 Å². The highest BCUT2D eigenvalue weighted by Crippen LogP contribution is 2.37. The molecule has 0 aliphatic rings. The van der Waals surface area contributed by atoms with Gasteiger partial charge < -0.3 is 14.2 Å². The fourth-order valence-electron chi connectivity index (χ4n) is 3.72. The maximum Gasteiger partial charge on any atom is 0.339 e. The molecule has 1 amide bonds. The van der Waals surface area contributed by atoms with E-state index < -0.39 is 16.0 Å². The molecule has 0 radical (unpaired) electrons. The molecule has 192 valence electrons. The number of amides is 1. The maximum atomic E-state index is 13.0. The molecule has 0 saturated carbocycles. The second-order valence-electron chi connectivity index (χ2n) is 8.26. The molecule has 4 rings (SSSR count). The van der Waals surface area contributed by atoms with E-state index in [1.807, 2.05) is 72.0 Å². The fourth-order valence-corrected chi connectivity index (χ4v) is 5.56. The summed E-state index contributed by atoms with van der Waals surface area (Å²) in [6, 6.07) is 24.6. The molecule has 7 nitrogen and oxygen atoms in total. The van der Waals surface area contributed by atoms with Crippen LogP contribution >= 0.6 is 22.6 Å². The van der Waals surface area contributed by atoms with E-state index in [0.717, 1.165) is 16.3 Å². The minimum Gasteiger partial charge on any atom is -0.490 e. The van der Waals surface area contributed by atoms with Crippen LogP contribution < -0.4 is 14.2 Å². The molecular formula is C29H23IN2O5S. The molecule has 0 aliphatic carbocycles. The molecule has 0 fully saturated rings. The standard InChI is InChI=1S/C29H23IN2O5S/c1-3-36-27-17-20(16-25(30)28(27)37-38(34,35)23-13-11-19(2)12-14-23)15-22(18-31)29(33)32-26-10-6-8-21-7-4-5-9-24(21)26/h4-17H,3H2,1-2H3,(H,32,33)/b22-15+. The topological polar surface area (TPSA) is 105 Å². The Morgan fingerprint density at radius 3 is 2.47 bits per heavy atom. The molecule has 9 heteroatoms. The molecule has 4 aromatic carbocycles. The molecule has 0 spiro atoms. The predicted molar refractivity (Wildman–Crippen MR) is 155 cm³/mol. The first-order chi connectivity index (χ1) is 18.2. The summed E-state index contributed by atoms with van der Waals surface area (Å²) in [6.07, 6.45) is 1.42. The van der Waals surface area contributed by atoms with E-state index in [-0.39, 0.29) is 28.6 Å². The third-order valence-corrected chi connectivity index (χ3v) is 7.59. The van der Waals surface area contributed by atoms with Gasteiger partial charge >= 0.3 is 10.1 Å². The van der Waals surface area contributed by atoms with Gasteiger partial charge in [-0.25, -0.2) is 0 Å². The van der Waals surface area contributed by atoms with Gasteiger partial charge in [0.25, 0.3) is 5.91 Å². The van der Waals surface area contributed by atoms with Gasteiger partial charge in [0.05, 0.1) is 10.2 Å². The van der Waals surface area contributed by atoms with E-state index >= 15 is 0 Å². The number of carbonyl (C=O) groups excluding carboxylic acids is 1. The van der Waals surface area contributed by atoms with Crippen LogP contribution in [0.2, 0.25) is 0 Å². The number of rotatable bonds is 8. The highest BCUT2D eigenvalue weighted by Gasteiger charge is 2.22. The maximum absolute atomic E-state index is 13.0. The van der Waals surface area contributed by atoms with Crippen molar-refractivity contribution in [3.8, 4) is 17.6 Å². The number of anilines is 1. The Morgan fingerprint density at radius 2 is 1.76 bits per heavy atom. The molecule has 0 aliphatic heterocycles. The minimum atomic E-state index is -4.12. The zero-order valence-corrected chi connectivity index (χ0v) is 23.5. The van der Waals surface area contributed by atoms with Gasteiger partial charge in [0.15, 0.2) is 11.5 Å². The van der Waals surface area contributed by atoms with Crippen LogP contribution in [0.4, 0.5) is 5.69 Å². The van der Waals surface area contributed by atoms with Crippen molar-refractivity contribution in [2.75, 3.05) is 11.9 Å². The number of halogens is 1. The van der Waals surface area contributed by atoms with Crippen molar-refractivity contribution in [2.24, 2.45) is 0 Å². The van der Waals surface area contributed by atoms with E-state index in [1.54, 1.807) is 31.2 Å². The monoisotopic (exact) mass is 638 g/mol. The van der Waals surface area contributed by atoms with Crippen LogP contribution in [0.25, 0.3) is 16.8 Å². The molecule has 1 N–H and O–H groups in total. The van der Waals surface area contributed by atoms with E-state index in [9.17, 15) is 18.5 Å². The first-order valence-electron chi connectivity index (χ1n) is 11.6. The third kappa shape index (κ3) is 6.15. The summed E-state index contributed by atoms with van der Waals surface area (Å²) in [5.41, 5.74) is 1.85. The Balaban J connectivity index is 1.65. The van der Waals surface area contributed by atoms with Crippen molar-refractivity contribution in [3.05, 3.63) is 99.1 Å². The summed E-state index contributed by atoms with van der Waals surface area (Å²) in [5, 5.41) is 14.3. The third-order valence-electron chi connectivity index (χ3n) is 5.55. The fraction of sp³-hybridized carbons (Fsp3) is 0.103. The van der Waals surface area contributed by atoms with Crippen LogP contribution in [0.1, 0.15) is 18.1 Å². The highest BCUT2D eigenvalue weighted by atomic mass is 127. The Hall–Kier alpha value is -3.88. The summed E-state index contributed by atoms with van der Waals surface area (Å²) < 4.78 is 37.4. The summed E-state index contributed by atoms with van der Waals surface area (Å²) in [5.74, 6) is -0.365. The second kappa shape index (κ2) is 11.7. The van der Waals surface area contributed by atoms with Crippen molar-refractivity contribution in [1.82, 2.24) is 0 Å². The van der Waals surface area contributed by atoms with Crippen LogP contribution in [0.15, 0.2) is 89.3 Å². The first kappa shape index (κ1) is 27.2. The van der Waals surface area contributed by atoms with Crippen molar-refractivity contribution in [1.29, 1.82) is 5.26 Å². The number of hydrogen-bond acceptors (Lipinski definition) is 6. The number of nitrogens with one attached hydrogen (secondary N) is 1. The van der Waals surface area contributed by atoms with E-state index in [1.165, 1.54) is 24.3 Å². The average molecular weight is 638 g/mol. The predicted octanol–water partition coefficient (Wildman–Crippen LogP) is 6.46. The van der Waals surface area contributed by atoms with Crippen molar-refractivity contribution in [2.45, 2.75) is 18.7 Å². The van der Waals surface area contributed by atoms with Gasteiger partial charge in [0.2, 0.25) is 0 Å². The van der Waals surface area contributed by atoms with Gasteiger partial charge in [-0.1, -0.05) is 54.1 Å². The second-order valence-corrected chi connectivity index (χ2v) is 11.0. The first-order valence-corrected chi connectivity index (χ1v) is 14.1. The van der Waals surface area contributed by atoms with Crippen molar-refractivity contribution >= 4 is 61.2 Å². The molecule has 4 aromatic rings. The minimum absolute atomic E-state index is 0.0159. The number of nitriles is 1. The summed E-state index contributed by atoms with van der Waals surface area (Å²) >= 11 is 1.94. The largest absolute Gasteiger partial charge is 0.490 e. The van der Waals surface area contributed by atoms with Crippen LogP contribution in [0.3, 0.4) is 0 Å². The van der Waals surface area contributed by atoms with Crippen molar-refractivity contribution in [3.63, 3.8) is 0 Å². The summed E-state index contributed by atoms with van der Waals surface area (Å²) in [4.78, 5) is 13.0. The van der Waals surface area contributed by atoms with Crippen molar-refractivity contribution < 1.29 is 22.1 Å². The smallest absolute Gasteiger partial charge is 0.339 e. The SMILES string of the molecule is CCOc1cc(/C=C(\C#N)C(=O)Nc2cccc3ccccc23)cc(I)c1OS(=O)(=O)c1ccc(C)cc1. The molecule has 0 heterocycles. The highest BCUT2D eigenvalue weighted by molar-refractivity contribution is 14.1. The lowest BCUT2D eigenvalue weighted by Gasteiger charge is -2.15. The number of nitrogens with zero attached hydrogens (tertiary/aromatic N) is 1. The number of aryl methyl sites for hydroxylation is 1. The number of carbonyl (C=O) groups is 1. The lowest BCUT2D eigenvalue weighted by atomic mass is 10.1. The van der Waals surface area contributed by atoms with Crippen LogP contribution in [-0.4, -0.2) is 20.9 Å². The Labute approximate surface area is 235 Å². The molecule has 0 unspecified atom stereocenters. The zero-order valence-electron chi connectivity index (χ0n) is 20.6. The van der Waals surface area contributed by atoms with Gasteiger partial charge in [-0.15, -0.1) is 0 Å². The molecule has 38 heavy (non-hydrogen) atoms. The average Bonchev–Trinajstić information content (AvgIpc) is 2.90. The van der Waals surface area contributed by atoms with Gasteiger partial charge in [0, 0.05) is 11.1 Å². The quantitative estimate of drug-likeness (QED) is 0.103. The normalized spacial score (nSPS) is 11.6. The lowest BCUT2D eigenvalue weighted by molar-refractivity contribution is -0.112. The Bertz CT molecular complexity index is 1690.